The lowest BCUT2D eigenvalue weighted by Crippen LogP contribution is -2.40. The van der Waals surface area contributed by atoms with E-state index in [1.54, 1.807) is 0 Å². The van der Waals surface area contributed by atoms with E-state index in [1.807, 2.05) is 25.2 Å². The van der Waals surface area contributed by atoms with Crippen molar-refractivity contribution in [1.82, 2.24) is 15.3 Å². The molecule has 1 aliphatic carbocycles. The Labute approximate surface area is 110 Å². The lowest BCUT2D eigenvalue weighted by Gasteiger charge is -2.42. The highest BCUT2D eigenvalue weighted by Gasteiger charge is 2.44. The molecule has 0 amide bonds. The molecule has 2 aromatic rings. The first kappa shape index (κ1) is 12.0. The second kappa shape index (κ2) is 4.25. The number of imidazole rings is 1. The molecule has 0 aliphatic heterocycles. The lowest BCUT2D eigenvalue weighted by molar-refractivity contribution is 0.149. The zero-order chi connectivity index (χ0) is 13.5. The zero-order valence-corrected chi connectivity index (χ0v) is 10.8. The van der Waals surface area contributed by atoms with Gasteiger partial charge in [0, 0.05) is 0 Å². The maximum absolute atomic E-state index is 11.3. The summed E-state index contributed by atoms with van der Waals surface area (Å²) in [5, 5.41) is 12.7. The third-order valence-corrected chi connectivity index (χ3v) is 4.18. The van der Waals surface area contributed by atoms with E-state index in [4.69, 9.17) is 0 Å². The van der Waals surface area contributed by atoms with E-state index in [-0.39, 0.29) is 17.1 Å². The van der Waals surface area contributed by atoms with Gasteiger partial charge < -0.3 is 15.3 Å². The Morgan fingerprint density at radius 2 is 2.11 bits per heavy atom. The summed E-state index contributed by atoms with van der Waals surface area (Å²) in [7, 11) is 1.88. The minimum Gasteiger partial charge on any atom is -0.312 e. The van der Waals surface area contributed by atoms with Crippen LogP contribution >= 0.6 is 0 Å². The highest BCUT2D eigenvalue weighted by molar-refractivity contribution is 5.75. The molecule has 1 aliphatic rings. The van der Waals surface area contributed by atoms with Gasteiger partial charge >= 0.3 is 5.69 Å². The summed E-state index contributed by atoms with van der Waals surface area (Å²) in [4.78, 5) is 16.8. The van der Waals surface area contributed by atoms with Crippen molar-refractivity contribution in [2.24, 2.45) is 5.41 Å². The van der Waals surface area contributed by atoms with Crippen LogP contribution in [0.4, 0.5) is 0 Å². The van der Waals surface area contributed by atoms with Crippen molar-refractivity contribution in [3.8, 4) is 6.07 Å². The molecule has 0 spiro atoms. The maximum atomic E-state index is 11.3. The molecule has 19 heavy (non-hydrogen) atoms. The second-order valence-corrected chi connectivity index (χ2v) is 5.23. The van der Waals surface area contributed by atoms with E-state index in [0.717, 1.165) is 35.9 Å². The third kappa shape index (κ3) is 1.76. The molecular weight excluding hydrogens is 240 g/mol. The van der Waals surface area contributed by atoms with Crippen LogP contribution in [0.5, 0.6) is 0 Å². The molecule has 0 saturated heterocycles. The highest BCUT2D eigenvalue weighted by atomic mass is 16.1. The van der Waals surface area contributed by atoms with Gasteiger partial charge in [-0.3, -0.25) is 0 Å². The highest BCUT2D eigenvalue weighted by Crippen LogP contribution is 2.49. The topological polar surface area (TPSA) is 84.5 Å². The number of hydrogen-bond acceptors (Lipinski definition) is 3. The Balaban J connectivity index is 2.06. The Bertz CT molecular complexity index is 702. The smallest absolute Gasteiger partial charge is 0.312 e. The Morgan fingerprint density at radius 3 is 2.68 bits per heavy atom. The number of H-pyrrole nitrogens is 2. The van der Waals surface area contributed by atoms with Crippen LogP contribution in [0, 0.1) is 16.7 Å². The van der Waals surface area contributed by atoms with E-state index < -0.39 is 0 Å². The number of hydrogen-bond donors (Lipinski definition) is 3. The summed E-state index contributed by atoms with van der Waals surface area (Å²) in [6.45, 7) is 0. The number of fused-ring (bicyclic) bond motifs is 1. The fourth-order valence-electron chi connectivity index (χ4n) is 3.01. The van der Waals surface area contributed by atoms with Crippen molar-refractivity contribution in [3.63, 3.8) is 0 Å². The van der Waals surface area contributed by atoms with Crippen LogP contribution in [0.15, 0.2) is 23.0 Å². The minimum atomic E-state index is -0.307. The van der Waals surface area contributed by atoms with Crippen LogP contribution in [0.25, 0.3) is 11.0 Å². The van der Waals surface area contributed by atoms with E-state index in [2.05, 4.69) is 21.4 Å². The molecule has 1 aromatic carbocycles. The van der Waals surface area contributed by atoms with Crippen LogP contribution in [0.1, 0.15) is 30.9 Å². The fraction of sp³-hybridized carbons (Fsp3) is 0.429. The molecule has 1 heterocycles. The van der Waals surface area contributed by atoms with Gasteiger partial charge in [0.1, 0.15) is 0 Å². The standard InChI is InChI=1S/C14H16N4O/c1-16-12(14(8-15)5-2-6-14)9-3-4-10-11(7-9)18-13(19)17-10/h3-4,7,12,16H,2,5-6H2,1H3,(H2,17,18,19). The van der Waals surface area contributed by atoms with Crippen LogP contribution in [-0.2, 0) is 0 Å². The van der Waals surface area contributed by atoms with Crippen molar-refractivity contribution in [1.29, 1.82) is 5.26 Å². The largest absolute Gasteiger partial charge is 0.323 e. The average molecular weight is 256 g/mol. The van der Waals surface area contributed by atoms with Crippen molar-refractivity contribution < 1.29 is 0 Å². The van der Waals surface area contributed by atoms with Gasteiger partial charge in [0.05, 0.1) is 28.6 Å². The van der Waals surface area contributed by atoms with Crippen molar-refractivity contribution in [2.45, 2.75) is 25.3 Å². The van der Waals surface area contributed by atoms with Crippen molar-refractivity contribution in [2.75, 3.05) is 7.05 Å². The van der Waals surface area contributed by atoms with Crippen molar-refractivity contribution in [3.05, 3.63) is 34.2 Å². The van der Waals surface area contributed by atoms with Gasteiger partial charge in [-0.15, -0.1) is 0 Å². The Hall–Kier alpha value is -2.06. The van der Waals surface area contributed by atoms with Gasteiger partial charge in [-0.25, -0.2) is 4.79 Å². The summed E-state index contributed by atoms with van der Waals surface area (Å²) in [6, 6.07) is 8.30. The maximum Gasteiger partial charge on any atom is 0.323 e. The monoisotopic (exact) mass is 256 g/mol. The summed E-state index contributed by atoms with van der Waals surface area (Å²) in [5.74, 6) is 0. The van der Waals surface area contributed by atoms with Crippen LogP contribution in [-0.4, -0.2) is 17.0 Å². The molecule has 1 saturated carbocycles. The van der Waals surface area contributed by atoms with Gasteiger partial charge in [-0.1, -0.05) is 12.5 Å². The molecule has 1 atom stereocenters. The first-order valence-corrected chi connectivity index (χ1v) is 6.49. The molecule has 5 heteroatoms. The minimum absolute atomic E-state index is 0.00838. The molecule has 3 rings (SSSR count). The predicted molar refractivity (Wildman–Crippen MR) is 72.6 cm³/mol. The molecule has 1 aromatic heterocycles. The number of aromatic amines is 2. The summed E-state index contributed by atoms with van der Waals surface area (Å²) < 4.78 is 0. The fourth-order valence-corrected chi connectivity index (χ4v) is 3.01. The lowest BCUT2D eigenvalue weighted by atomic mass is 9.63. The van der Waals surface area contributed by atoms with Gasteiger partial charge in [0.15, 0.2) is 0 Å². The first-order chi connectivity index (χ1) is 9.18. The van der Waals surface area contributed by atoms with Gasteiger partial charge in [0.25, 0.3) is 0 Å². The molecule has 0 bridgehead atoms. The third-order valence-electron chi connectivity index (χ3n) is 4.18. The molecule has 5 nitrogen and oxygen atoms in total. The second-order valence-electron chi connectivity index (χ2n) is 5.23. The van der Waals surface area contributed by atoms with Crippen LogP contribution in [0.2, 0.25) is 0 Å². The quantitative estimate of drug-likeness (QED) is 0.783. The molecule has 98 valence electrons. The number of rotatable bonds is 3. The molecule has 1 fully saturated rings. The number of nitrogens with zero attached hydrogens (tertiary/aromatic N) is 1. The first-order valence-electron chi connectivity index (χ1n) is 6.49. The normalized spacial score (nSPS) is 18.7. The summed E-state index contributed by atoms with van der Waals surface area (Å²) in [5.41, 5.74) is 2.12. The van der Waals surface area contributed by atoms with Gasteiger partial charge in [0.2, 0.25) is 0 Å². The van der Waals surface area contributed by atoms with Gasteiger partial charge in [-0.2, -0.15) is 5.26 Å². The molecule has 3 N–H and O–H groups in total. The Morgan fingerprint density at radius 1 is 1.37 bits per heavy atom. The number of aromatic nitrogens is 2. The average Bonchev–Trinajstić information content (AvgIpc) is 2.72. The summed E-state index contributed by atoms with van der Waals surface area (Å²) in [6.07, 6.45) is 2.96. The molecular formula is C14H16N4O. The predicted octanol–water partition coefficient (Wildman–Crippen LogP) is 1.81. The van der Waals surface area contributed by atoms with Crippen molar-refractivity contribution >= 4 is 11.0 Å². The SMILES string of the molecule is CNC(c1ccc2[nH]c(=O)[nH]c2c1)C1(C#N)CCC1. The number of nitriles is 1. The zero-order valence-electron chi connectivity index (χ0n) is 10.8. The van der Waals surface area contributed by atoms with Crippen LogP contribution in [0.3, 0.4) is 0 Å². The molecule has 0 radical (unpaired) electrons. The van der Waals surface area contributed by atoms with E-state index in [9.17, 15) is 10.1 Å². The van der Waals surface area contributed by atoms with E-state index in [0.29, 0.717) is 0 Å². The molecule has 1 unspecified atom stereocenters. The Kier molecular flexibility index (Phi) is 2.68. The van der Waals surface area contributed by atoms with Crippen LogP contribution < -0.4 is 11.0 Å². The van der Waals surface area contributed by atoms with E-state index in [1.165, 1.54) is 0 Å². The van der Waals surface area contributed by atoms with E-state index >= 15 is 0 Å². The number of nitrogens with one attached hydrogen (secondary N) is 3. The number of benzene rings is 1. The van der Waals surface area contributed by atoms with Gasteiger partial charge in [-0.05, 0) is 37.6 Å². The summed E-state index contributed by atoms with van der Waals surface area (Å²) >= 11 is 0.